The maximum atomic E-state index is 13.3. The Bertz CT molecular complexity index is 683. The second-order valence-electron chi connectivity index (χ2n) is 6.10. The van der Waals surface area contributed by atoms with Crippen molar-refractivity contribution in [2.75, 3.05) is 19.0 Å². The molecule has 7 heteroatoms. The van der Waals surface area contributed by atoms with Crippen LogP contribution in [0.25, 0.3) is 0 Å². The van der Waals surface area contributed by atoms with Gasteiger partial charge < -0.3 is 15.8 Å². The van der Waals surface area contributed by atoms with Crippen LogP contribution in [0.1, 0.15) is 12.0 Å². The largest absolute Gasteiger partial charge is 0.381 e. The average molecular weight is 394 g/mol. The van der Waals surface area contributed by atoms with Crippen molar-refractivity contribution < 1.29 is 18.3 Å². The normalized spacial score (nSPS) is 13.1. The minimum atomic E-state index is -0.650. The van der Waals surface area contributed by atoms with E-state index < -0.39 is 17.7 Å². The van der Waals surface area contributed by atoms with Crippen LogP contribution in [0.5, 0.6) is 0 Å². The molecule has 2 aromatic rings. The van der Waals surface area contributed by atoms with Crippen LogP contribution in [0.4, 0.5) is 8.78 Å². The lowest BCUT2D eigenvalue weighted by atomic mass is 9.98. The van der Waals surface area contributed by atoms with Crippen LogP contribution in [0.2, 0.25) is 0 Å². The molecule has 2 rings (SSSR count). The zero-order valence-electron chi connectivity index (χ0n) is 14.9. The Balaban J connectivity index is 1.72. The first kappa shape index (κ1) is 21.3. The summed E-state index contributed by atoms with van der Waals surface area (Å²) in [4.78, 5) is 12.0. The van der Waals surface area contributed by atoms with Gasteiger partial charge in [-0.15, -0.1) is 11.8 Å². The molecule has 0 aliphatic carbocycles. The number of amides is 1. The van der Waals surface area contributed by atoms with Crippen molar-refractivity contribution >= 4 is 18.2 Å². The average Bonchev–Trinajstić information content (AvgIpc) is 2.64. The van der Waals surface area contributed by atoms with Gasteiger partial charge in [0.2, 0.25) is 6.41 Å². The van der Waals surface area contributed by atoms with Crippen molar-refractivity contribution in [3.63, 3.8) is 0 Å². The number of nitrogens with two attached hydrogens (primary N) is 1. The van der Waals surface area contributed by atoms with Gasteiger partial charge in [0.05, 0.1) is 6.61 Å². The molecule has 0 spiro atoms. The molecule has 1 amide bonds. The van der Waals surface area contributed by atoms with Gasteiger partial charge in [-0.05, 0) is 42.7 Å². The number of halogens is 2. The standard InChI is InChI=1S/C20H24F2N2O2S/c21-16-10-15(11-17(22)13-16)12-20(24-14-25)19(23)6-7-26-8-9-27-18-4-2-1-3-5-18/h1-5,10-11,13-14,19-20H,6-9,12,23H2,(H,24,25). The SMILES string of the molecule is NC(CCOCCSc1ccccc1)C(Cc1cc(F)cc(F)c1)NC=O. The Hall–Kier alpha value is -1.96. The van der Waals surface area contributed by atoms with Gasteiger partial charge >= 0.3 is 0 Å². The maximum Gasteiger partial charge on any atom is 0.207 e. The second kappa shape index (κ2) is 11.7. The number of rotatable bonds is 12. The summed E-state index contributed by atoms with van der Waals surface area (Å²) in [5.41, 5.74) is 6.59. The zero-order chi connectivity index (χ0) is 19.5. The molecule has 0 aliphatic rings. The number of ether oxygens (including phenoxy) is 1. The van der Waals surface area contributed by atoms with E-state index in [4.69, 9.17) is 10.5 Å². The van der Waals surface area contributed by atoms with Crippen LogP contribution in [0.3, 0.4) is 0 Å². The Labute approximate surface area is 162 Å². The first-order valence-corrected chi connectivity index (χ1v) is 9.73. The Kier molecular flexibility index (Phi) is 9.24. The fraction of sp³-hybridized carbons (Fsp3) is 0.350. The quantitative estimate of drug-likeness (QED) is 0.330. The number of thioether (sulfide) groups is 1. The number of hydrogen-bond acceptors (Lipinski definition) is 4. The van der Waals surface area contributed by atoms with Gasteiger partial charge in [0, 0.05) is 35.4 Å². The maximum absolute atomic E-state index is 13.3. The van der Waals surface area contributed by atoms with E-state index in [-0.39, 0.29) is 12.5 Å². The van der Waals surface area contributed by atoms with Gasteiger partial charge in [-0.1, -0.05) is 18.2 Å². The molecular formula is C20H24F2N2O2S. The van der Waals surface area contributed by atoms with E-state index in [1.54, 1.807) is 11.8 Å². The molecule has 0 saturated carbocycles. The second-order valence-corrected chi connectivity index (χ2v) is 7.27. The van der Waals surface area contributed by atoms with Gasteiger partial charge in [-0.25, -0.2) is 8.78 Å². The molecule has 3 N–H and O–H groups in total. The summed E-state index contributed by atoms with van der Waals surface area (Å²) in [5.74, 6) is -0.469. The molecule has 0 aromatic heterocycles. The number of benzene rings is 2. The van der Waals surface area contributed by atoms with E-state index in [2.05, 4.69) is 5.32 Å². The first-order valence-electron chi connectivity index (χ1n) is 8.74. The minimum absolute atomic E-state index is 0.248. The van der Waals surface area contributed by atoms with Crippen LogP contribution in [-0.2, 0) is 16.0 Å². The van der Waals surface area contributed by atoms with Crippen molar-refractivity contribution in [2.45, 2.75) is 29.8 Å². The summed E-state index contributed by atoms with van der Waals surface area (Å²) in [6, 6.07) is 12.5. The van der Waals surface area contributed by atoms with Gasteiger partial charge in [0.15, 0.2) is 0 Å². The fourth-order valence-electron chi connectivity index (χ4n) is 2.66. The van der Waals surface area contributed by atoms with E-state index >= 15 is 0 Å². The molecule has 0 radical (unpaired) electrons. The third-order valence-electron chi connectivity index (χ3n) is 4.01. The molecule has 2 atom stereocenters. The molecule has 146 valence electrons. The summed E-state index contributed by atoms with van der Waals surface area (Å²) in [5, 5.41) is 2.63. The lowest BCUT2D eigenvalue weighted by molar-refractivity contribution is -0.110. The number of carbonyl (C=O) groups is 1. The van der Waals surface area contributed by atoms with E-state index in [0.717, 1.165) is 11.8 Å². The van der Waals surface area contributed by atoms with Crippen LogP contribution in [0.15, 0.2) is 53.4 Å². The molecule has 27 heavy (non-hydrogen) atoms. The highest BCUT2D eigenvalue weighted by Crippen LogP contribution is 2.16. The van der Waals surface area contributed by atoms with Gasteiger partial charge in [-0.2, -0.15) is 0 Å². The van der Waals surface area contributed by atoms with Crippen molar-refractivity contribution in [1.82, 2.24) is 5.32 Å². The highest BCUT2D eigenvalue weighted by Gasteiger charge is 2.18. The third kappa shape index (κ3) is 8.07. The van der Waals surface area contributed by atoms with E-state index in [1.165, 1.54) is 17.0 Å². The summed E-state index contributed by atoms with van der Waals surface area (Å²) < 4.78 is 32.3. The molecule has 2 unspecified atom stereocenters. The highest BCUT2D eigenvalue weighted by molar-refractivity contribution is 7.99. The van der Waals surface area contributed by atoms with Crippen molar-refractivity contribution in [3.8, 4) is 0 Å². The summed E-state index contributed by atoms with van der Waals surface area (Å²) in [7, 11) is 0. The topological polar surface area (TPSA) is 64.3 Å². The summed E-state index contributed by atoms with van der Waals surface area (Å²) in [6.45, 7) is 1.04. The number of nitrogens with one attached hydrogen (secondary N) is 1. The number of carbonyl (C=O) groups excluding carboxylic acids is 1. The Morgan fingerprint density at radius 3 is 2.48 bits per heavy atom. The van der Waals surface area contributed by atoms with E-state index in [0.29, 0.717) is 31.6 Å². The Morgan fingerprint density at radius 1 is 1.11 bits per heavy atom. The molecular weight excluding hydrogens is 370 g/mol. The lowest BCUT2D eigenvalue weighted by Crippen LogP contribution is -2.46. The smallest absolute Gasteiger partial charge is 0.207 e. The molecule has 0 heterocycles. The molecule has 4 nitrogen and oxygen atoms in total. The molecule has 0 aliphatic heterocycles. The monoisotopic (exact) mass is 394 g/mol. The summed E-state index contributed by atoms with van der Waals surface area (Å²) >= 11 is 1.71. The molecule has 0 fully saturated rings. The van der Waals surface area contributed by atoms with E-state index in [1.807, 2.05) is 30.3 Å². The van der Waals surface area contributed by atoms with Crippen LogP contribution in [0, 0.1) is 11.6 Å². The fourth-order valence-corrected chi connectivity index (χ4v) is 3.45. The first-order chi connectivity index (χ1) is 13.1. The predicted octanol–water partition coefficient (Wildman–Crippen LogP) is 3.15. The van der Waals surface area contributed by atoms with Crippen molar-refractivity contribution in [2.24, 2.45) is 5.73 Å². The molecule has 0 bridgehead atoms. The van der Waals surface area contributed by atoms with Crippen LogP contribution in [-0.4, -0.2) is 37.5 Å². The lowest BCUT2D eigenvalue weighted by Gasteiger charge is -2.23. The minimum Gasteiger partial charge on any atom is -0.381 e. The van der Waals surface area contributed by atoms with Gasteiger partial charge in [0.25, 0.3) is 0 Å². The van der Waals surface area contributed by atoms with Crippen LogP contribution >= 0.6 is 11.8 Å². The summed E-state index contributed by atoms with van der Waals surface area (Å²) in [6.07, 6.45) is 1.33. The van der Waals surface area contributed by atoms with E-state index in [9.17, 15) is 13.6 Å². The van der Waals surface area contributed by atoms with Gasteiger partial charge in [0.1, 0.15) is 11.6 Å². The molecule has 2 aromatic carbocycles. The van der Waals surface area contributed by atoms with Crippen molar-refractivity contribution in [3.05, 3.63) is 65.7 Å². The Morgan fingerprint density at radius 2 is 1.81 bits per heavy atom. The zero-order valence-corrected chi connectivity index (χ0v) is 15.8. The third-order valence-corrected chi connectivity index (χ3v) is 4.99. The van der Waals surface area contributed by atoms with Crippen molar-refractivity contribution in [1.29, 1.82) is 0 Å². The van der Waals surface area contributed by atoms with Gasteiger partial charge in [-0.3, -0.25) is 4.79 Å². The molecule has 0 saturated heterocycles. The number of hydrogen-bond donors (Lipinski definition) is 2. The predicted molar refractivity (Wildman–Crippen MR) is 104 cm³/mol. The van der Waals surface area contributed by atoms with Crippen LogP contribution < -0.4 is 11.1 Å². The highest BCUT2D eigenvalue weighted by atomic mass is 32.2.